The highest BCUT2D eigenvalue weighted by atomic mass is 31.2. The van der Waals surface area contributed by atoms with E-state index in [0.29, 0.717) is 17.2 Å². The fraction of sp³-hybridized carbons (Fsp3) is 0.130. The van der Waals surface area contributed by atoms with Crippen molar-refractivity contribution in [1.82, 2.24) is 0 Å². The van der Waals surface area contributed by atoms with E-state index >= 15 is 0 Å². The molecule has 28 heavy (non-hydrogen) atoms. The first-order valence-electron chi connectivity index (χ1n) is 8.81. The molecule has 0 N–H and O–H groups in total. The van der Waals surface area contributed by atoms with Crippen LogP contribution >= 0.6 is 7.82 Å². The van der Waals surface area contributed by atoms with Gasteiger partial charge in [-0.15, -0.1) is 13.2 Å². The zero-order chi connectivity index (χ0) is 20.6. The number of hydrogen-bond acceptors (Lipinski definition) is 4. The Bertz CT molecular complexity index is 794. The number of rotatable bonds is 6. The Labute approximate surface area is 167 Å². The molecular weight excluding hydrogens is 371 g/mol. The molecule has 0 aliphatic heterocycles. The van der Waals surface area contributed by atoms with Crippen LogP contribution in [-0.2, 0) is 4.57 Å². The second-order valence-corrected chi connectivity index (χ2v) is 7.60. The number of hydrogen-bond donors (Lipinski definition) is 0. The summed E-state index contributed by atoms with van der Waals surface area (Å²) in [7, 11) is -3.93. The minimum atomic E-state index is -3.93. The molecule has 0 saturated carbocycles. The first kappa shape index (κ1) is 21.3. The maximum atomic E-state index is 13.3. The summed E-state index contributed by atoms with van der Waals surface area (Å²) in [5.41, 5.74) is 3.23. The average molecular weight is 396 g/mol. The fourth-order valence-electron chi connectivity index (χ4n) is 2.24. The van der Waals surface area contributed by atoms with Crippen molar-refractivity contribution < 1.29 is 18.1 Å². The summed E-state index contributed by atoms with van der Waals surface area (Å²) in [6.07, 6.45) is 0. The van der Waals surface area contributed by atoms with Gasteiger partial charge < -0.3 is 13.6 Å². The smallest absolute Gasteiger partial charge is 0.386 e. The lowest BCUT2D eigenvalue weighted by atomic mass is 10.2. The van der Waals surface area contributed by atoms with Gasteiger partial charge >= 0.3 is 7.82 Å². The number of phosphoric acid groups is 1. The Morgan fingerprint density at radius 1 is 0.536 bits per heavy atom. The maximum Gasteiger partial charge on any atom is 0.647 e. The molecule has 0 spiro atoms. The molecule has 0 aliphatic carbocycles. The van der Waals surface area contributed by atoms with Crippen molar-refractivity contribution in [3.63, 3.8) is 0 Å². The van der Waals surface area contributed by atoms with E-state index in [9.17, 15) is 4.57 Å². The summed E-state index contributed by atoms with van der Waals surface area (Å²) in [6.45, 7) is 11.9. The summed E-state index contributed by atoms with van der Waals surface area (Å²) in [4.78, 5) is 0. The highest BCUT2D eigenvalue weighted by Gasteiger charge is 2.33. The quantitative estimate of drug-likeness (QED) is 0.330. The molecular formula is C23H25O4P. The third-order valence-corrected chi connectivity index (χ3v) is 5.02. The van der Waals surface area contributed by atoms with Gasteiger partial charge in [0.2, 0.25) is 0 Å². The van der Waals surface area contributed by atoms with Crippen molar-refractivity contribution in [3.05, 3.63) is 103 Å². The van der Waals surface area contributed by atoms with E-state index in [4.69, 9.17) is 13.6 Å². The molecule has 3 aromatic carbocycles. The topological polar surface area (TPSA) is 44.8 Å². The lowest BCUT2D eigenvalue weighted by molar-refractivity contribution is 0.298. The Kier molecular flexibility index (Phi) is 7.48. The van der Waals surface area contributed by atoms with Gasteiger partial charge in [0.05, 0.1) is 0 Å². The van der Waals surface area contributed by atoms with Crippen LogP contribution in [0.2, 0.25) is 0 Å². The minimum Gasteiger partial charge on any atom is -0.386 e. The fourth-order valence-corrected chi connectivity index (χ4v) is 3.49. The van der Waals surface area contributed by atoms with Gasteiger partial charge in [0.25, 0.3) is 0 Å². The van der Waals surface area contributed by atoms with Gasteiger partial charge in [-0.3, -0.25) is 0 Å². The van der Waals surface area contributed by atoms with Gasteiger partial charge in [-0.1, -0.05) is 53.1 Å². The maximum absolute atomic E-state index is 13.3. The minimum absolute atomic E-state index is 0.415. The summed E-state index contributed by atoms with van der Waals surface area (Å²) in [5.74, 6) is 1.24. The van der Waals surface area contributed by atoms with Crippen LogP contribution in [0.4, 0.5) is 0 Å². The predicted molar refractivity (Wildman–Crippen MR) is 114 cm³/mol. The molecule has 5 heteroatoms. The zero-order valence-corrected chi connectivity index (χ0v) is 17.3. The van der Waals surface area contributed by atoms with Crippen molar-refractivity contribution in [2.75, 3.05) is 0 Å². The van der Waals surface area contributed by atoms with Crippen molar-refractivity contribution in [1.29, 1.82) is 0 Å². The van der Waals surface area contributed by atoms with E-state index in [1.165, 1.54) is 0 Å². The summed E-state index contributed by atoms with van der Waals surface area (Å²) in [5, 5.41) is 0. The Morgan fingerprint density at radius 2 is 0.750 bits per heavy atom. The molecule has 0 atom stereocenters. The highest BCUT2D eigenvalue weighted by Crippen LogP contribution is 2.49. The molecule has 0 aliphatic rings. The van der Waals surface area contributed by atoms with Crippen LogP contribution < -0.4 is 13.6 Å². The van der Waals surface area contributed by atoms with Gasteiger partial charge in [0.1, 0.15) is 17.2 Å². The van der Waals surface area contributed by atoms with Gasteiger partial charge in [-0.2, -0.15) is 4.57 Å². The van der Waals surface area contributed by atoms with E-state index in [1.54, 1.807) is 36.4 Å². The van der Waals surface area contributed by atoms with E-state index in [2.05, 4.69) is 13.2 Å². The Morgan fingerprint density at radius 3 is 0.964 bits per heavy atom. The molecule has 0 amide bonds. The molecule has 0 fully saturated rings. The summed E-state index contributed by atoms with van der Waals surface area (Å²) < 4.78 is 30.2. The van der Waals surface area contributed by atoms with Gasteiger partial charge in [-0.25, -0.2) is 0 Å². The van der Waals surface area contributed by atoms with E-state index in [-0.39, 0.29) is 0 Å². The van der Waals surface area contributed by atoms with Crippen LogP contribution in [0.25, 0.3) is 0 Å². The first-order chi connectivity index (χ1) is 13.4. The van der Waals surface area contributed by atoms with Gasteiger partial charge in [0, 0.05) is 0 Å². The Hall–Kier alpha value is -2.97. The second-order valence-electron chi connectivity index (χ2n) is 6.16. The molecule has 0 heterocycles. The standard InChI is InChI=1S/C21H21O4P.C2H4/c1-16-4-10-19(11-5-16)23-26(22,24-20-12-6-17(2)7-13-20)25-21-14-8-18(3)9-15-21;1-2/h4-15H,1-3H3;1-2H2. The summed E-state index contributed by atoms with van der Waals surface area (Å²) >= 11 is 0. The second kappa shape index (κ2) is 9.82. The third-order valence-electron chi connectivity index (χ3n) is 3.71. The van der Waals surface area contributed by atoms with Crippen LogP contribution in [0, 0.1) is 20.8 Å². The third kappa shape index (κ3) is 6.33. The lowest BCUT2D eigenvalue weighted by Gasteiger charge is -2.19. The largest absolute Gasteiger partial charge is 0.647 e. The van der Waals surface area contributed by atoms with Crippen molar-refractivity contribution >= 4 is 7.82 Å². The molecule has 146 valence electrons. The van der Waals surface area contributed by atoms with E-state index in [1.807, 2.05) is 57.2 Å². The molecule has 0 bridgehead atoms. The van der Waals surface area contributed by atoms with E-state index < -0.39 is 7.82 Å². The molecule has 0 unspecified atom stereocenters. The van der Waals surface area contributed by atoms with Crippen LogP contribution in [0.5, 0.6) is 17.2 Å². The molecule has 3 aromatic rings. The molecule has 3 rings (SSSR count). The van der Waals surface area contributed by atoms with Crippen LogP contribution in [0.15, 0.2) is 86.0 Å². The zero-order valence-electron chi connectivity index (χ0n) is 16.4. The molecule has 4 nitrogen and oxygen atoms in total. The summed E-state index contributed by atoms with van der Waals surface area (Å²) in [6, 6.07) is 21.6. The number of benzene rings is 3. The monoisotopic (exact) mass is 396 g/mol. The first-order valence-corrected chi connectivity index (χ1v) is 10.3. The average Bonchev–Trinajstić information content (AvgIpc) is 2.69. The molecule has 0 aromatic heterocycles. The SMILES string of the molecule is C=C.Cc1ccc(OP(=O)(Oc2ccc(C)cc2)Oc2ccc(C)cc2)cc1. The number of phosphoric ester groups is 1. The normalized spacial score (nSPS) is 10.4. The van der Waals surface area contributed by atoms with Gasteiger partial charge in [-0.05, 0) is 57.2 Å². The van der Waals surface area contributed by atoms with Crippen LogP contribution in [-0.4, -0.2) is 0 Å². The van der Waals surface area contributed by atoms with E-state index in [0.717, 1.165) is 16.7 Å². The van der Waals surface area contributed by atoms with Crippen molar-refractivity contribution in [2.45, 2.75) is 20.8 Å². The lowest BCUT2D eigenvalue weighted by Crippen LogP contribution is -2.07. The predicted octanol–water partition coefficient (Wildman–Crippen LogP) is 7.06. The molecule has 0 saturated heterocycles. The number of aryl methyl sites for hydroxylation is 3. The van der Waals surface area contributed by atoms with Crippen molar-refractivity contribution in [3.8, 4) is 17.2 Å². The van der Waals surface area contributed by atoms with Crippen molar-refractivity contribution in [2.24, 2.45) is 0 Å². The van der Waals surface area contributed by atoms with Crippen LogP contribution in [0.3, 0.4) is 0 Å². The highest BCUT2D eigenvalue weighted by molar-refractivity contribution is 7.49. The molecule has 0 radical (unpaired) electrons. The van der Waals surface area contributed by atoms with Gasteiger partial charge in [0.15, 0.2) is 0 Å². The van der Waals surface area contributed by atoms with Crippen LogP contribution in [0.1, 0.15) is 16.7 Å². The Balaban J connectivity index is 0.00000136.